The summed E-state index contributed by atoms with van der Waals surface area (Å²) in [7, 11) is 0. The molecule has 114 valence electrons. The van der Waals surface area contributed by atoms with Crippen LogP contribution in [-0.4, -0.2) is 22.5 Å². The summed E-state index contributed by atoms with van der Waals surface area (Å²) in [5.74, 6) is 1.13. The number of halogens is 1. The van der Waals surface area contributed by atoms with Gasteiger partial charge in [0.25, 0.3) is 5.91 Å². The molecule has 2 aromatic rings. The van der Waals surface area contributed by atoms with E-state index in [0.29, 0.717) is 17.3 Å². The minimum Gasteiger partial charge on any atom is -0.482 e. The van der Waals surface area contributed by atoms with Gasteiger partial charge in [0.05, 0.1) is 11.7 Å². The van der Waals surface area contributed by atoms with Crippen molar-refractivity contribution in [3.8, 4) is 5.75 Å². The Labute approximate surface area is 131 Å². The molecule has 0 unspecified atom stereocenters. The number of amides is 1. The Balaban J connectivity index is 1.81. The topological polar surface area (TPSA) is 102 Å². The quantitative estimate of drug-likeness (QED) is 0.750. The summed E-state index contributed by atoms with van der Waals surface area (Å²) in [6, 6.07) is 7.12. The van der Waals surface area contributed by atoms with Crippen molar-refractivity contribution < 1.29 is 9.53 Å². The van der Waals surface area contributed by atoms with E-state index in [1.54, 1.807) is 6.07 Å². The van der Waals surface area contributed by atoms with Gasteiger partial charge in [0.2, 0.25) is 5.95 Å². The van der Waals surface area contributed by atoms with Crippen LogP contribution in [0.15, 0.2) is 24.3 Å². The van der Waals surface area contributed by atoms with E-state index in [1.165, 1.54) is 0 Å². The molecule has 0 fully saturated rings. The number of ether oxygens (including phenoxy) is 1. The first-order valence-electron chi connectivity index (χ1n) is 6.64. The van der Waals surface area contributed by atoms with E-state index in [9.17, 15) is 4.79 Å². The average Bonchev–Trinajstić information content (AvgIpc) is 2.45. The first kappa shape index (κ1) is 14.4. The van der Waals surface area contributed by atoms with Crippen LogP contribution in [0.1, 0.15) is 18.5 Å². The number of aromatic nitrogens is 2. The maximum atomic E-state index is 11.4. The summed E-state index contributed by atoms with van der Waals surface area (Å²) in [6.45, 7) is 2.00. The number of carbonyl (C=O) groups is 1. The predicted molar refractivity (Wildman–Crippen MR) is 84.1 cm³/mol. The second kappa shape index (κ2) is 5.69. The molecule has 1 aromatic heterocycles. The molecule has 1 atom stereocenters. The molecule has 8 heteroatoms. The van der Waals surface area contributed by atoms with E-state index in [2.05, 4.69) is 20.6 Å². The fourth-order valence-corrected chi connectivity index (χ4v) is 2.37. The van der Waals surface area contributed by atoms with Crippen LogP contribution in [0.5, 0.6) is 5.75 Å². The van der Waals surface area contributed by atoms with Crippen molar-refractivity contribution in [1.29, 1.82) is 0 Å². The molecule has 0 saturated carbocycles. The molecule has 1 aromatic carbocycles. The first-order valence-corrected chi connectivity index (χ1v) is 7.02. The molecule has 7 nitrogen and oxygen atoms in total. The molecule has 22 heavy (non-hydrogen) atoms. The van der Waals surface area contributed by atoms with Gasteiger partial charge >= 0.3 is 0 Å². The standard InChI is InChI=1S/C14H14ClN5O2/c1-7(17-12-5-11(15)19-14(16)20-12)8-2-3-10-9(4-8)18-13(21)6-22-10/h2-5,7H,6H2,1H3,(H,18,21)(H3,16,17,19,20)/t7-/m0/s1. The third-order valence-electron chi connectivity index (χ3n) is 3.21. The number of fused-ring (bicyclic) bond motifs is 1. The number of nitrogens with zero attached hydrogens (tertiary/aromatic N) is 2. The Bertz CT molecular complexity index is 717. The van der Waals surface area contributed by atoms with Gasteiger partial charge in [0.15, 0.2) is 6.61 Å². The van der Waals surface area contributed by atoms with Crippen LogP contribution in [0.2, 0.25) is 5.15 Å². The molecule has 1 amide bonds. The largest absolute Gasteiger partial charge is 0.482 e. The molecule has 1 aliphatic heterocycles. The van der Waals surface area contributed by atoms with Crippen LogP contribution in [0.25, 0.3) is 0 Å². The molecule has 0 spiro atoms. The normalized spacial score (nSPS) is 14.5. The lowest BCUT2D eigenvalue weighted by atomic mass is 10.1. The Hall–Kier alpha value is -2.54. The highest BCUT2D eigenvalue weighted by molar-refractivity contribution is 6.29. The number of nitrogen functional groups attached to an aromatic ring is 1. The van der Waals surface area contributed by atoms with Gasteiger partial charge in [-0.3, -0.25) is 4.79 Å². The summed E-state index contributed by atoms with van der Waals surface area (Å²) in [5.41, 5.74) is 7.18. The molecule has 0 radical (unpaired) electrons. The molecule has 4 N–H and O–H groups in total. The monoisotopic (exact) mass is 319 g/mol. The zero-order chi connectivity index (χ0) is 15.7. The average molecular weight is 320 g/mol. The van der Waals surface area contributed by atoms with Gasteiger partial charge < -0.3 is 21.1 Å². The second-order valence-electron chi connectivity index (χ2n) is 4.89. The van der Waals surface area contributed by atoms with Crippen LogP contribution < -0.4 is 21.1 Å². The third kappa shape index (κ3) is 3.04. The van der Waals surface area contributed by atoms with Crippen LogP contribution in [0.3, 0.4) is 0 Å². The smallest absolute Gasteiger partial charge is 0.262 e. The highest BCUT2D eigenvalue weighted by Gasteiger charge is 2.17. The van der Waals surface area contributed by atoms with Crippen molar-refractivity contribution in [2.24, 2.45) is 0 Å². The van der Waals surface area contributed by atoms with Crippen molar-refractivity contribution in [3.05, 3.63) is 35.0 Å². The van der Waals surface area contributed by atoms with E-state index in [0.717, 1.165) is 5.56 Å². The Morgan fingerprint density at radius 1 is 1.41 bits per heavy atom. The number of nitrogens with one attached hydrogen (secondary N) is 2. The van der Waals surface area contributed by atoms with Crippen molar-refractivity contribution in [2.75, 3.05) is 23.0 Å². The third-order valence-corrected chi connectivity index (χ3v) is 3.41. The fraction of sp³-hybridized carbons (Fsp3) is 0.214. The van der Waals surface area contributed by atoms with Gasteiger partial charge in [-0.1, -0.05) is 17.7 Å². The van der Waals surface area contributed by atoms with E-state index in [1.807, 2.05) is 25.1 Å². The van der Waals surface area contributed by atoms with Gasteiger partial charge in [0, 0.05) is 6.07 Å². The zero-order valence-corrected chi connectivity index (χ0v) is 12.5. The van der Waals surface area contributed by atoms with Gasteiger partial charge in [-0.15, -0.1) is 0 Å². The molecule has 0 bridgehead atoms. The highest BCUT2D eigenvalue weighted by atomic mass is 35.5. The maximum Gasteiger partial charge on any atom is 0.262 e. The van der Waals surface area contributed by atoms with Crippen molar-refractivity contribution in [1.82, 2.24) is 9.97 Å². The van der Waals surface area contributed by atoms with Crippen LogP contribution in [0.4, 0.5) is 17.5 Å². The molecule has 3 rings (SSSR count). The van der Waals surface area contributed by atoms with E-state index in [4.69, 9.17) is 22.1 Å². The highest BCUT2D eigenvalue weighted by Crippen LogP contribution is 2.31. The van der Waals surface area contributed by atoms with Gasteiger partial charge in [-0.05, 0) is 24.6 Å². The number of hydrogen-bond acceptors (Lipinski definition) is 6. The number of benzene rings is 1. The molecule has 0 aliphatic carbocycles. The van der Waals surface area contributed by atoms with E-state index >= 15 is 0 Å². The van der Waals surface area contributed by atoms with Crippen LogP contribution in [-0.2, 0) is 4.79 Å². The Morgan fingerprint density at radius 2 is 2.23 bits per heavy atom. The summed E-state index contributed by atoms with van der Waals surface area (Å²) < 4.78 is 5.33. The lowest BCUT2D eigenvalue weighted by molar-refractivity contribution is -0.118. The minimum atomic E-state index is -0.166. The first-order chi connectivity index (χ1) is 10.5. The molecule has 2 heterocycles. The van der Waals surface area contributed by atoms with Crippen LogP contribution in [0, 0.1) is 0 Å². The van der Waals surface area contributed by atoms with E-state index in [-0.39, 0.29) is 29.7 Å². The van der Waals surface area contributed by atoms with E-state index < -0.39 is 0 Å². The number of carbonyl (C=O) groups excluding carboxylic acids is 1. The lowest BCUT2D eigenvalue weighted by Crippen LogP contribution is -2.25. The number of hydrogen-bond donors (Lipinski definition) is 3. The van der Waals surface area contributed by atoms with Crippen molar-refractivity contribution >= 4 is 35.0 Å². The molecule has 1 aliphatic rings. The maximum absolute atomic E-state index is 11.4. The summed E-state index contributed by atoms with van der Waals surface area (Å²) in [5, 5.41) is 6.24. The van der Waals surface area contributed by atoms with Gasteiger partial charge in [-0.2, -0.15) is 4.98 Å². The second-order valence-corrected chi connectivity index (χ2v) is 5.28. The molecule has 0 saturated heterocycles. The van der Waals surface area contributed by atoms with Gasteiger partial charge in [0.1, 0.15) is 16.7 Å². The summed E-state index contributed by atoms with van der Waals surface area (Å²) in [6.07, 6.45) is 0. The number of nitrogens with two attached hydrogens (primary N) is 1. The van der Waals surface area contributed by atoms with Crippen molar-refractivity contribution in [3.63, 3.8) is 0 Å². The number of anilines is 3. The Kier molecular flexibility index (Phi) is 3.72. The van der Waals surface area contributed by atoms with Crippen LogP contribution >= 0.6 is 11.6 Å². The summed E-state index contributed by atoms with van der Waals surface area (Å²) >= 11 is 5.86. The zero-order valence-electron chi connectivity index (χ0n) is 11.8. The van der Waals surface area contributed by atoms with Gasteiger partial charge in [-0.25, -0.2) is 4.98 Å². The predicted octanol–water partition coefficient (Wildman–Crippen LogP) is 2.22. The lowest BCUT2D eigenvalue weighted by Gasteiger charge is -2.21. The SMILES string of the molecule is C[C@H](Nc1cc(Cl)nc(N)n1)c1ccc2c(c1)NC(=O)CO2. The Morgan fingerprint density at radius 3 is 3.00 bits per heavy atom. The van der Waals surface area contributed by atoms with Crippen molar-refractivity contribution in [2.45, 2.75) is 13.0 Å². The fourth-order valence-electron chi connectivity index (χ4n) is 2.18. The number of rotatable bonds is 3. The summed E-state index contributed by atoms with van der Waals surface area (Å²) in [4.78, 5) is 19.3. The molecular formula is C14H14ClN5O2. The minimum absolute atomic E-state index is 0.0405. The molecular weight excluding hydrogens is 306 g/mol.